The van der Waals surface area contributed by atoms with Gasteiger partial charge in [0.1, 0.15) is 0 Å². The lowest BCUT2D eigenvalue weighted by Crippen LogP contribution is -2.41. The molecule has 132 valence electrons. The summed E-state index contributed by atoms with van der Waals surface area (Å²) >= 11 is 0. The van der Waals surface area contributed by atoms with Crippen molar-refractivity contribution >= 4 is 16.0 Å². The van der Waals surface area contributed by atoms with Crippen molar-refractivity contribution in [3.63, 3.8) is 0 Å². The van der Waals surface area contributed by atoms with Crippen molar-refractivity contribution in [3.8, 4) is 0 Å². The molecule has 0 aliphatic carbocycles. The van der Waals surface area contributed by atoms with Crippen LogP contribution in [0.1, 0.15) is 24.7 Å². The summed E-state index contributed by atoms with van der Waals surface area (Å²) in [5, 5.41) is 10.6. The second-order valence-corrected chi connectivity index (χ2v) is 7.19. The summed E-state index contributed by atoms with van der Waals surface area (Å²) in [6.45, 7) is 9.09. The summed E-state index contributed by atoms with van der Waals surface area (Å²) in [5.74, 6) is 0.691. The van der Waals surface area contributed by atoms with Crippen LogP contribution in [-0.4, -0.2) is 56.6 Å². The smallest absolute Gasteiger partial charge is 0.208 e. The fraction of sp³-hybridized carbons (Fsp3) is 0.714. The van der Waals surface area contributed by atoms with E-state index in [4.69, 9.17) is 0 Å². The van der Waals surface area contributed by atoms with Crippen molar-refractivity contribution in [3.05, 3.63) is 17.5 Å². The number of aryl methyl sites for hydroxylation is 3. The molecule has 0 saturated carbocycles. The predicted molar refractivity (Wildman–Crippen MR) is 93.1 cm³/mol. The van der Waals surface area contributed by atoms with Crippen LogP contribution in [0.2, 0.25) is 0 Å². The highest BCUT2D eigenvalue weighted by atomic mass is 32.2. The molecule has 0 amide bonds. The van der Waals surface area contributed by atoms with E-state index in [1.165, 1.54) is 0 Å². The Bertz CT molecular complexity index is 609. The molecule has 1 heterocycles. The molecule has 1 aromatic rings. The highest BCUT2D eigenvalue weighted by Gasteiger charge is 2.02. The quantitative estimate of drug-likeness (QED) is 0.332. The number of sulfonamides is 1. The standard InChI is InChI=1S/C14H28N6O2S/c1-5-15-14(17-8-9-18-23(4,21)22)16-7-6-10-20-13(3)11-12(2)19-20/h11,18H,5-10H2,1-4H3,(H2,15,16,17). The first-order chi connectivity index (χ1) is 10.8. The molecule has 0 spiro atoms. The molecule has 0 unspecified atom stereocenters. The van der Waals surface area contributed by atoms with E-state index < -0.39 is 10.0 Å². The molecule has 0 aliphatic rings. The van der Waals surface area contributed by atoms with Gasteiger partial charge in [-0.25, -0.2) is 13.1 Å². The van der Waals surface area contributed by atoms with Gasteiger partial charge in [0.05, 0.1) is 11.9 Å². The van der Waals surface area contributed by atoms with Gasteiger partial charge in [-0.15, -0.1) is 0 Å². The minimum Gasteiger partial charge on any atom is -0.357 e. The molecule has 1 rings (SSSR count). The third-order valence-corrected chi connectivity index (χ3v) is 3.76. The molecular weight excluding hydrogens is 316 g/mol. The molecule has 0 atom stereocenters. The number of rotatable bonds is 9. The summed E-state index contributed by atoms with van der Waals surface area (Å²) in [5.41, 5.74) is 2.18. The third kappa shape index (κ3) is 8.56. The number of hydrogen-bond acceptors (Lipinski definition) is 4. The lowest BCUT2D eigenvalue weighted by molar-refractivity contribution is 0.566. The van der Waals surface area contributed by atoms with Gasteiger partial charge in [0.25, 0.3) is 0 Å². The lowest BCUT2D eigenvalue weighted by Gasteiger charge is -2.11. The van der Waals surface area contributed by atoms with Crippen LogP contribution < -0.4 is 15.4 Å². The second kappa shape index (κ2) is 9.51. The topological polar surface area (TPSA) is 100 Å². The molecule has 23 heavy (non-hydrogen) atoms. The van der Waals surface area contributed by atoms with Gasteiger partial charge in [-0.1, -0.05) is 0 Å². The van der Waals surface area contributed by atoms with Crippen LogP contribution in [0.5, 0.6) is 0 Å². The largest absolute Gasteiger partial charge is 0.357 e. The molecule has 3 N–H and O–H groups in total. The SMILES string of the molecule is CCNC(=NCCCn1nc(C)cc1C)NCCNS(C)(=O)=O. The van der Waals surface area contributed by atoms with E-state index in [1.807, 2.05) is 25.5 Å². The summed E-state index contributed by atoms with van der Waals surface area (Å²) in [7, 11) is -3.15. The lowest BCUT2D eigenvalue weighted by atomic mass is 10.4. The first-order valence-corrected chi connectivity index (χ1v) is 9.69. The van der Waals surface area contributed by atoms with E-state index in [2.05, 4.69) is 31.5 Å². The number of aliphatic imine (C=N–C) groups is 1. The average Bonchev–Trinajstić information content (AvgIpc) is 2.76. The maximum Gasteiger partial charge on any atom is 0.208 e. The Morgan fingerprint density at radius 2 is 2.04 bits per heavy atom. The van der Waals surface area contributed by atoms with E-state index in [0.717, 1.165) is 37.2 Å². The Morgan fingerprint density at radius 1 is 1.30 bits per heavy atom. The van der Waals surface area contributed by atoms with Crippen LogP contribution in [0.15, 0.2) is 11.1 Å². The number of hydrogen-bond donors (Lipinski definition) is 3. The molecule has 0 aliphatic heterocycles. The Balaban J connectivity index is 2.35. The van der Waals surface area contributed by atoms with Crippen molar-refractivity contribution < 1.29 is 8.42 Å². The first-order valence-electron chi connectivity index (χ1n) is 7.79. The van der Waals surface area contributed by atoms with Crippen molar-refractivity contribution in [2.75, 3.05) is 32.4 Å². The van der Waals surface area contributed by atoms with Gasteiger partial charge in [0.2, 0.25) is 10.0 Å². The molecule has 0 aromatic carbocycles. The Morgan fingerprint density at radius 3 is 2.61 bits per heavy atom. The normalized spacial score (nSPS) is 12.4. The van der Waals surface area contributed by atoms with Gasteiger partial charge in [-0.05, 0) is 33.3 Å². The summed E-state index contributed by atoms with van der Waals surface area (Å²) < 4.78 is 26.4. The van der Waals surface area contributed by atoms with Gasteiger partial charge in [0.15, 0.2) is 5.96 Å². The van der Waals surface area contributed by atoms with Crippen LogP contribution in [0, 0.1) is 13.8 Å². The maximum atomic E-state index is 11.0. The van der Waals surface area contributed by atoms with E-state index in [1.54, 1.807) is 0 Å². The van der Waals surface area contributed by atoms with Gasteiger partial charge in [-0.3, -0.25) is 9.67 Å². The van der Waals surface area contributed by atoms with E-state index in [0.29, 0.717) is 25.6 Å². The second-order valence-electron chi connectivity index (χ2n) is 5.36. The molecule has 0 saturated heterocycles. The van der Waals surface area contributed by atoms with Crippen LogP contribution >= 0.6 is 0 Å². The van der Waals surface area contributed by atoms with Crippen LogP contribution in [0.3, 0.4) is 0 Å². The zero-order chi connectivity index (χ0) is 17.3. The van der Waals surface area contributed by atoms with Gasteiger partial charge >= 0.3 is 0 Å². The number of guanidine groups is 1. The van der Waals surface area contributed by atoms with Gasteiger partial charge < -0.3 is 10.6 Å². The molecule has 9 heteroatoms. The highest BCUT2D eigenvalue weighted by molar-refractivity contribution is 7.88. The fourth-order valence-electron chi connectivity index (χ4n) is 2.07. The Hall–Kier alpha value is -1.61. The fourth-order valence-corrected chi connectivity index (χ4v) is 2.54. The molecule has 0 fully saturated rings. The minimum absolute atomic E-state index is 0.328. The number of nitrogens with one attached hydrogen (secondary N) is 3. The maximum absolute atomic E-state index is 11.0. The van der Waals surface area contributed by atoms with Crippen LogP contribution in [0.25, 0.3) is 0 Å². The predicted octanol–water partition coefficient (Wildman–Crippen LogP) is -0.00566. The third-order valence-electron chi connectivity index (χ3n) is 3.03. The van der Waals surface area contributed by atoms with Crippen molar-refractivity contribution in [1.29, 1.82) is 0 Å². The summed E-state index contributed by atoms with van der Waals surface area (Å²) in [4.78, 5) is 4.48. The Kier molecular flexibility index (Phi) is 8.04. The first kappa shape index (κ1) is 19.4. The minimum atomic E-state index is -3.15. The molecule has 0 radical (unpaired) electrons. The average molecular weight is 344 g/mol. The number of aromatic nitrogens is 2. The Labute approximate surface area is 138 Å². The van der Waals surface area contributed by atoms with E-state index >= 15 is 0 Å². The van der Waals surface area contributed by atoms with Crippen molar-refractivity contribution in [2.45, 2.75) is 33.7 Å². The van der Waals surface area contributed by atoms with E-state index in [-0.39, 0.29) is 0 Å². The highest BCUT2D eigenvalue weighted by Crippen LogP contribution is 2.02. The zero-order valence-electron chi connectivity index (χ0n) is 14.4. The van der Waals surface area contributed by atoms with Crippen LogP contribution in [0.4, 0.5) is 0 Å². The molecular formula is C14H28N6O2S. The number of nitrogens with zero attached hydrogens (tertiary/aromatic N) is 3. The van der Waals surface area contributed by atoms with Gasteiger partial charge in [-0.2, -0.15) is 5.10 Å². The van der Waals surface area contributed by atoms with Crippen LogP contribution in [-0.2, 0) is 16.6 Å². The van der Waals surface area contributed by atoms with Gasteiger partial charge in [0, 0.05) is 38.4 Å². The zero-order valence-corrected chi connectivity index (χ0v) is 15.2. The van der Waals surface area contributed by atoms with Crippen molar-refractivity contribution in [1.82, 2.24) is 25.1 Å². The molecule has 8 nitrogen and oxygen atoms in total. The van der Waals surface area contributed by atoms with Crippen molar-refractivity contribution in [2.24, 2.45) is 4.99 Å². The molecule has 0 bridgehead atoms. The molecule has 1 aromatic heterocycles. The summed E-state index contributed by atoms with van der Waals surface area (Å²) in [6, 6.07) is 2.06. The monoisotopic (exact) mass is 344 g/mol. The van der Waals surface area contributed by atoms with E-state index in [9.17, 15) is 8.42 Å². The summed E-state index contributed by atoms with van der Waals surface area (Å²) in [6.07, 6.45) is 2.03.